The number of nitrogens with zero attached hydrogens (tertiary/aromatic N) is 3. The summed E-state index contributed by atoms with van der Waals surface area (Å²) in [4.78, 5) is 17.4. The van der Waals surface area contributed by atoms with Crippen LogP contribution in [0.4, 0.5) is 0 Å². The van der Waals surface area contributed by atoms with E-state index < -0.39 is 10.0 Å². The van der Waals surface area contributed by atoms with Crippen molar-refractivity contribution in [3.05, 3.63) is 23.8 Å². The number of methoxy groups -OCH3 is 1. The van der Waals surface area contributed by atoms with E-state index in [1.165, 1.54) is 13.2 Å². The number of ether oxygens (including phenoxy) is 2. The maximum absolute atomic E-state index is 13.4. The highest BCUT2D eigenvalue weighted by atomic mass is 32.2. The van der Waals surface area contributed by atoms with E-state index in [9.17, 15) is 13.2 Å². The third kappa shape index (κ3) is 4.95. The molecule has 0 spiro atoms. The Morgan fingerprint density at radius 2 is 1.88 bits per heavy atom. The van der Waals surface area contributed by atoms with Crippen molar-refractivity contribution < 1.29 is 22.7 Å². The normalized spacial score (nSPS) is 25.8. The van der Waals surface area contributed by atoms with Crippen LogP contribution in [0.1, 0.15) is 49.4 Å². The van der Waals surface area contributed by atoms with E-state index in [0.717, 1.165) is 58.3 Å². The zero-order chi connectivity index (χ0) is 22.7. The Balaban J connectivity index is 1.47. The molecule has 4 rings (SSSR count). The highest BCUT2D eigenvalue weighted by Crippen LogP contribution is 2.32. The summed E-state index contributed by atoms with van der Waals surface area (Å²) in [5, 5.41) is 0. The first-order valence-electron chi connectivity index (χ1n) is 11.7. The van der Waals surface area contributed by atoms with Crippen LogP contribution in [0.2, 0.25) is 0 Å². The van der Waals surface area contributed by atoms with Crippen LogP contribution in [0.25, 0.3) is 0 Å². The molecule has 1 aromatic carbocycles. The zero-order valence-corrected chi connectivity index (χ0v) is 20.0. The van der Waals surface area contributed by atoms with Crippen LogP contribution in [-0.4, -0.2) is 93.6 Å². The summed E-state index contributed by atoms with van der Waals surface area (Å²) in [6.45, 7) is 7.07. The predicted molar refractivity (Wildman–Crippen MR) is 122 cm³/mol. The van der Waals surface area contributed by atoms with Crippen molar-refractivity contribution in [3.8, 4) is 5.75 Å². The molecule has 0 aromatic heterocycles. The van der Waals surface area contributed by atoms with E-state index in [4.69, 9.17) is 9.47 Å². The molecule has 2 atom stereocenters. The van der Waals surface area contributed by atoms with Gasteiger partial charge in [-0.05, 0) is 50.8 Å². The van der Waals surface area contributed by atoms with Gasteiger partial charge in [0.2, 0.25) is 10.0 Å². The molecule has 9 heteroatoms. The number of sulfonamides is 1. The third-order valence-corrected chi connectivity index (χ3v) is 8.92. The molecule has 0 aliphatic carbocycles. The van der Waals surface area contributed by atoms with Crippen molar-refractivity contribution in [2.75, 3.05) is 53.0 Å². The van der Waals surface area contributed by atoms with Crippen LogP contribution < -0.4 is 4.74 Å². The first-order valence-corrected chi connectivity index (χ1v) is 13.2. The highest BCUT2D eigenvalue weighted by Gasteiger charge is 2.34. The number of carbonyl (C=O) groups is 1. The Morgan fingerprint density at radius 1 is 1.09 bits per heavy atom. The van der Waals surface area contributed by atoms with Gasteiger partial charge in [0.05, 0.1) is 13.2 Å². The Hall–Kier alpha value is -1.68. The van der Waals surface area contributed by atoms with Gasteiger partial charge < -0.3 is 14.4 Å². The largest absolute Gasteiger partial charge is 0.495 e. The lowest BCUT2D eigenvalue weighted by atomic mass is 10.1. The molecule has 3 fully saturated rings. The Bertz CT molecular complexity index is 908. The van der Waals surface area contributed by atoms with Crippen molar-refractivity contribution in [2.24, 2.45) is 0 Å². The second-order valence-corrected chi connectivity index (χ2v) is 10.9. The maximum Gasteiger partial charge on any atom is 0.253 e. The summed E-state index contributed by atoms with van der Waals surface area (Å²) in [6.07, 6.45) is 5.27. The molecule has 8 nitrogen and oxygen atoms in total. The van der Waals surface area contributed by atoms with Crippen LogP contribution >= 0.6 is 0 Å². The van der Waals surface area contributed by atoms with Crippen molar-refractivity contribution in [1.29, 1.82) is 0 Å². The average molecular weight is 466 g/mol. The van der Waals surface area contributed by atoms with Crippen LogP contribution in [-0.2, 0) is 14.8 Å². The lowest BCUT2D eigenvalue weighted by Gasteiger charge is -2.36. The summed E-state index contributed by atoms with van der Waals surface area (Å²) in [5.74, 6) is 0.147. The van der Waals surface area contributed by atoms with Crippen molar-refractivity contribution >= 4 is 15.9 Å². The number of hydrogen-bond acceptors (Lipinski definition) is 6. The molecular formula is C23H35N3O5S. The van der Waals surface area contributed by atoms with Gasteiger partial charge in [-0.25, -0.2) is 8.42 Å². The minimum Gasteiger partial charge on any atom is -0.495 e. The predicted octanol–water partition coefficient (Wildman–Crippen LogP) is 2.20. The van der Waals surface area contributed by atoms with Gasteiger partial charge in [0, 0.05) is 57.5 Å². The quantitative estimate of drug-likeness (QED) is 0.641. The van der Waals surface area contributed by atoms with Crippen LogP contribution in [0.3, 0.4) is 0 Å². The first kappa shape index (κ1) is 23.5. The molecule has 0 saturated carbocycles. The Morgan fingerprint density at radius 3 is 2.53 bits per heavy atom. The van der Waals surface area contributed by atoms with Crippen LogP contribution in [0, 0.1) is 0 Å². The monoisotopic (exact) mass is 465 g/mol. The van der Waals surface area contributed by atoms with E-state index in [0.29, 0.717) is 31.3 Å². The van der Waals surface area contributed by atoms with Gasteiger partial charge in [0.15, 0.2) is 0 Å². The van der Waals surface area contributed by atoms with Crippen molar-refractivity contribution in [1.82, 2.24) is 14.1 Å². The summed E-state index contributed by atoms with van der Waals surface area (Å²) in [6, 6.07) is 4.70. The highest BCUT2D eigenvalue weighted by molar-refractivity contribution is 7.89. The van der Waals surface area contributed by atoms with Gasteiger partial charge in [-0.1, -0.05) is 6.42 Å². The van der Waals surface area contributed by atoms with E-state index in [2.05, 4.69) is 4.90 Å². The average Bonchev–Trinajstić information content (AvgIpc) is 3.32. The number of benzene rings is 1. The van der Waals surface area contributed by atoms with Gasteiger partial charge >= 0.3 is 0 Å². The molecule has 0 radical (unpaired) electrons. The molecule has 0 bridgehead atoms. The van der Waals surface area contributed by atoms with Gasteiger partial charge in [0.1, 0.15) is 10.6 Å². The Labute approximate surface area is 191 Å². The number of hydrogen-bond donors (Lipinski definition) is 0. The summed E-state index contributed by atoms with van der Waals surface area (Å²) < 4.78 is 39.5. The van der Waals surface area contributed by atoms with E-state index in [1.807, 2.05) is 11.8 Å². The number of amides is 1. The topological polar surface area (TPSA) is 79.4 Å². The minimum absolute atomic E-state index is 0.0604. The van der Waals surface area contributed by atoms with Crippen molar-refractivity contribution in [2.45, 2.75) is 56.1 Å². The van der Waals surface area contributed by atoms with E-state index in [1.54, 1.807) is 16.4 Å². The summed E-state index contributed by atoms with van der Waals surface area (Å²) >= 11 is 0. The molecule has 0 unspecified atom stereocenters. The van der Waals surface area contributed by atoms with E-state index >= 15 is 0 Å². The van der Waals surface area contributed by atoms with Crippen molar-refractivity contribution in [3.63, 3.8) is 0 Å². The molecule has 3 aliphatic heterocycles. The molecule has 3 saturated heterocycles. The SMILES string of the molecule is COc1ccc(C(=O)N2CCN(C[C@H]3CCCO3)CC2)cc1S(=O)(=O)N1CCCC[C@H]1C. The molecule has 1 amide bonds. The summed E-state index contributed by atoms with van der Waals surface area (Å²) in [7, 11) is -2.29. The molecule has 178 valence electrons. The smallest absolute Gasteiger partial charge is 0.253 e. The van der Waals surface area contributed by atoms with Crippen LogP contribution in [0.15, 0.2) is 23.1 Å². The van der Waals surface area contributed by atoms with Gasteiger partial charge in [0.25, 0.3) is 5.91 Å². The van der Waals surface area contributed by atoms with Gasteiger partial charge in [-0.3, -0.25) is 9.69 Å². The fraction of sp³-hybridized carbons (Fsp3) is 0.696. The van der Waals surface area contributed by atoms with Crippen LogP contribution in [0.5, 0.6) is 5.75 Å². The molecule has 1 aromatic rings. The third-order valence-electron chi connectivity index (χ3n) is 6.88. The molecule has 3 heterocycles. The van der Waals surface area contributed by atoms with Gasteiger partial charge in [-0.15, -0.1) is 0 Å². The summed E-state index contributed by atoms with van der Waals surface area (Å²) in [5.41, 5.74) is 0.390. The minimum atomic E-state index is -3.75. The zero-order valence-electron chi connectivity index (χ0n) is 19.2. The fourth-order valence-electron chi connectivity index (χ4n) is 4.96. The standard InChI is InChI=1S/C23H35N3O5S/c1-18-6-3-4-10-26(18)32(28,29)22-16-19(8-9-21(22)30-2)23(27)25-13-11-24(12-14-25)17-20-7-5-15-31-20/h8-9,16,18,20H,3-7,10-15,17H2,1-2H3/t18-,20-/m1/s1. The molecule has 0 N–H and O–H groups in total. The van der Waals surface area contributed by atoms with E-state index in [-0.39, 0.29) is 22.6 Å². The fourth-order valence-corrected chi connectivity index (χ4v) is 6.84. The van der Waals surface area contributed by atoms with Gasteiger partial charge in [-0.2, -0.15) is 4.31 Å². The molecule has 3 aliphatic rings. The number of piperazine rings is 1. The maximum atomic E-state index is 13.4. The lowest BCUT2D eigenvalue weighted by Crippen LogP contribution is -2.50. The Kier molecular flexibility index (Phi) is 7.39. The number of carbonyl (C=O) groups excluding carboxylic acids is 1. The second-order valence-electron chi connectivity index (χ2n) is 9.05. The number of rotatable bonds is 6. The first-order chi connectivity index (χ1) is 15.4. The molecular weight excluding hydrogens is 430 g/mol. The number of piperidine rings is 1. The second kappa shape index (κ2) is 10.1. The lowest BCUT2D eigenvalue weighted by molar-refractivity contribution is 0.0432. The molecule has 32 heavy (non-hydrogen) atoms.